The van der Waals surface area contributed by atoms with Gasteiger partial charge in [-0.1, -0.05) is 203 Å². The molecule has 0 bridgehead atoms. The van der Waals surface area contributed by atoms with E-state index in [0.29, 0.717) is 52.8 Å². The predicted molar refractivity (Wildman–Crippen MR) is 338 cm³/mol. The number of phosphoric ester groups is 1. The Morgan fingerprint density at radius 2 is 0.494 bits per heavy atom. The Kier molecular flexibility index (Phi) is 26.1. The van der Waals surface area contributed by atoms with Crippen LogP contribution in [0.3, 0.4) is 0 Å². The topological polar surface area (TPSA) is 44.8 Å². The second-order valence-corrected chi connectivity index (χ2v) is 34.4. The van der Waals surface area contributed by atoms with Gasteiger partial charge in [-0.2, -0.15) is 4.57 Å². The Bertz CT molecular complexity index is 1990. The molecule has 0 saturated heterocycles. The highest BCUT2D eigenvalue weighted by molar-refractivity contribution is 7.49. The Hall–Kier alpha value is -2.71. The first-order valence-corrected chi connectivity index (χ1v) is 32.6. The summed E-state index contributed by atoms with van der Waals surface area (Å²) in [6, 6.07) is 19.8. The monoisotopic (exact) mass is 1080 g/mol. The van der Waals surface area contributed by atoms with Crippen LogP contribution >= 0.6 is 7.82 Å². The summed E-state index contributed by atoms with van der Waals surface area (Å²) in [7, 11) is -4.42. The van der Waals surface area contributed by atoms with Gasteiger partial charge in [-0.15, -0.1) is 0 Å². The Morgan fingerprint density at radius 1 is 0.312 bits per heavy atom. The Balaban J connectivity index is 2.28. The largest absolute Gasteiger partial charge is 0.647 e. The number of hydrogen-bond donors (Lipinski definition) is 0. The van der Waals surface area contributed by atoms with Crippen molar-refractivity contribution in [3.05, 3.63) is 88.0 Å². The molecule has 4 nitrogen and oxygen atoms in total. The van der Waals surface area contributed by atoms with Crippen molar-refractivity contribution in [2.75, 3.05) is 0 Å². The molecular weight excluding hydrogens is 960 g/mol. The van der Waals surface area contributed by atoms with Crippen molar-refractivity contribution in [3.8, 4) is 17.2 Å². The second-order valence-electron chi connectivity index (χ2n) is 33.0. The van der Waals surface area contributed by atoms with Crippen molar-refractivity contribution in [2.45, 2.75) is 282 Å². The van der Waals surface area contributed by atoms with E-state index in [0.717, 1.165) is 113 Å². The summed E-state index contributed by atoms with van der Waals surface area (Å²) >= 11 is 0. The van der Waals surface area contributed by atoms with Crippen LogP contribution in [-0.2, 0) is 43.1 Å². The highest BCUT2D eigenvalue weighted by Gasteiger charge is 2.36. The molecule has 0 N–H and O–H groups in total. The number of rotatable bonds is 30. The SMILES string of the molecule is CC(CCc1ccc(OP(=O)(Oc2ccc(CCC(C)CC(C)(C)C)cc2CCC(C)CC(C)(C)C)Oc2ccc(CCC(C)CC(C)(C)C)cc2CCC(C)CC(C)(C)C)c(CCC(C)CC(C)(C)C)c1)CC(C)(C)C. The quantitative estimate of drug-likeness (QED) is 0.0624. The van der Waals surface area contributed by atoms with E-state index in [1.807, 2.05) is 0 Å². The normalized spacial score (nSPS) is 16.3. The molecule has 6 unspecified atom stereocenters. The number of phosphoric acid groups is 1. The van der Waals surface area contributed by atoms with Gasteiger partial charge in [-0.3, -0.25) is 0 Å². The summed E-state index contributed by atoms with van der Waals surface area (Å²) in [4.78, 5) is 0. The van der Waals surface area contributed by atoms with Crippen LogP contribution in [0.1, 0.15) is 277 Å². The molecule has 0 aliphatic rings. The molecule has 0 aliphatic carbocycles. The van der Waals surface area contributed by atoms with Gasteiger partial charge in [0, 0.05) is 0 Å². The van der Waals surface area contributed by atoms with Gasteiger partial charge in [0.05, 0.1) is 0 Å². The van der Waals surface area contributed by atoms with Gasteiger partial charge in [-0.25, -0.2) is 0 Å². The van der Waals surface area contributed by atoms with Gasteiger partial charge < -0.3 is 13.6 Å². The predicted octanol–water partition coefficient (Wildman–Crippen LogP) is 23.4. The molecule has 77 heavy (non-hydrogen) atoms. The fourth-order valence-electron chi connectivity index (χ4n) is 13.0. The summed E-state index contributed by atoms with van der Waals surface area (Å²) < 4.78 is 37.5. The fourth-order valence-corrected chi connectivity index (χ4v) is 14.3. The van der Waals surface area contributed by atoms with Crippen LogP contribution in [0.5, 0.6) is 17.2 Å². The highest BCUT2D eigenvalue weighted by atomic mass is 31.2. The summed E-state index contributed by atoms with van der Waals surface area (Å²) in [6.45, 7) is 56.4. The minimum Gasteiger partial charge on any atom is -0.386 e. The van der Waals surface area contributed by atoms with E-state index in [1.54, 1.807) is 0 Å². The summed E-state index contributed by atoms with van der Waals surface area (Å²) in [5, 5.41) is 0. The summed E-state index contributed by atoms with van der Waals surface area (Å²) in [6.07, 6.45) is 18.7. The molecule has 0 spiro atoms. The first-order valence-electron chi connectivity index (χ1n) is 31.2. The van der Waals surface area contributed by atoms with Gasteiger partial charge >= 0.3 is 7.82 Å². The van der Waals surface area contributed by atoms with Crippen molar-refractivity contribution in [2.24, 2.45) is 68.0 Å². The van der Waals surface area contributed by atoms with Crippen LogP contribution in [0.2, 0.25) is 0 Å². The number of aryl methyl sites for hydroxylation is 6. The second kappa shape index (κ2) is 29.3. The fraction of sp³-hybridized carbons (Fsp3) is 0.750. The van der Waals surface area contributed by atoms with Crippen molar-refractivity contribution in [1.29, 1.82) is 0 Å². The van der Waals surface area contributed by atoms with Gasteiger partial charge in [0.1, 0.15) is 17.2 Å². The first-order chi connectivity index (χ1) is 35.1. The summed E-state index contributed by atoms with van der Waals surface area (Å²) in [5.74, 6) is 5.13. The van der Waals surface area contributed by atoms with Crippen LogP contribution in [-0.4, -0.2) is 0 Å². The molecule has 3 aromatic carbocycles. The van der Waals surface area contributed by atoms with E-state index in [-0.39, 0.29) is 32.5 Å². The van der Waals surface area contributed by atoms with E-state index in [2.05, 4.69) is 221 Å². The maximum atomic E-state index is 16.4. The lowest BCUT2D eigenvalue weighted by atomic mass is 9.82. The maximum absolute atomic E-state index is 16.4. The van der Waals surface area contributed by atoms with Crippen molar-refractivity contribution in [3.63, 3.8) is 0 Å². The van der Waals surface area contributed by atoms with Gasteiger partial charge in [0.25, 0.3) is 0 Å². The Labute approximate surface area is 478 Å². The van der Waals surface area contributed by atoms with Gasteiger partial charge in [0.2, 0.25) is 0 Å². The van der Waals surface area contributed by atoms with Crippen molar-refractivity contribution >= 4 is 7.82 Å². The molecule has 6 atom stereocenters. The molecular formula is C72H123O4P. The van der Waals surface area contributed by atoms with Crippen LogP contribution in [0.4, 0.5) is 0 Å². The minimum absolute atomic E-state index is 0.228. The smallest absolute Gasteiger partial charge is 0.386 e. The zero-order chi connectivity index (χ0) is 58.4. The van der Waals surface area contributed by atoms with Crippen LogP contribution in [0.15, 0.2) is 54.6 Å². The third-order valence-corrected chi connectivity index (χ3v) is 16.5. The molecule has 440 valence electrons. The third kappa shape index (κ3) is 30.1. The van der Waals surface area contributed by atoms with Crippen molar-refractivity contribution in [1.82, 2.24) is 0 Å². The van der Waals surface area contributed by atoms with E-state index in [9.17, 15) is 0 Å². The molecule has 5 heteroatoms. The molecule has 0 aromatic heterocycles. The first kappa shape index (κ1) is 68.6. The van der Waals surface area contributed by atoms with E-state index in [4.69, 9.17) is 13.6 Å². The molecule has 0 fully saturated rings. The Morgan fingerprint density at radius 3 is 0.675 bits per heavy atom. The van der Waals surface area contributed by atoms with Gasteiger partial charge in [0.15, 0.2) is 0 Å². The molecule has 0 radical (unpaired) electrons. The lowest BCUT2D eigenvalue weighted by Crippen LogP contribution is -2.14. The molecule has 3 aromatic rings. The average Bonchev–Trinajstić information content (AvgIpc) is 3.23. The number of hydrogen-bond acceptors (Lipinski definition) is 4. The number of benzene rings is 3. The average molecular weight is 1080 g/mol. The zero-order valence-electron chi connectivity index (χ0n) is 55.0. The van der Waals surface area contributed by atoms with Crippen molar-refractivity contribution < 1.29 is 18.1 Å². The molecule has 0 aliphatic heterocycles. The third-order valence-electron chi connectivity index (χ3n) is 15.3. The lowest BCUT2D eigenvalue weighted by molar-refractivity contribution is 0.288. The van der Waals surface area contributed by atoms with E-state index in [1.165, 1.54) is 36.0 Å². The zero-order valence-corrected chi connectivity index (χ0v) is 55.9. The van der Waals surface area contributed by atoms with Gasteiger partial charge in [-0.05, 0) is 235 Å². The minimum atomic E-state index is -4.42. The van der Waals surface area contributed by atoms with Crippen LogP contribution in [0.25, 0.3) is 0 Å². The molecule has 0 amide bonds. The lowest BCUT2D eigenvalue weighted by Gasteiger charge is -2.26. The van der Waals surface area contributed by atoms with Crippen LogP contribution in [0, 0.1) is 68.0 Å². The molecule has 3 rings (SSSR count). The maximum Gasteiger partial charge on any atom is 0.647 e. The standard InChI is InChI=1S/C72H123O4P/c1-52(46-67(7,8)9)25-31-58-34-40-64(61(43-58)37-28-55(4)49-70(16,17)18)74-77(73,75-65-41-35-59(32-26-53(2)47-68(10,11)12)44-62(65)38-29-56(5)50-71(19,20)21)76-66-42-36-60(33-27-54(3)48-69(13,14)15)45-63(66)39-30-57(6)51-72(22,23)24/h34-36,40-45,52-57H,25-33,37-39,46-51H2,1-24H3. The van der Waals surface area contributed by atoms with Crippen LogP contribution < -0.4 is 13.6 Å². The molecule has 0 saturated carbocycles. The molecule has 0 heterocycles. The highest BCUT2D eigenvalue weighted by Crippen LogP contribution is 2.53. The van der Waals surface area contributed by atoms with E-state index < -0.39 is 7.82 Å². The summed E-state index contributed by atoms with van der Waals surface area (Å²) in [5.41, 5.74) is 8.67. The van der Waals surface area contributed by atoms with E-state index >= 15 is 4.57 Å².